The molecular formula is C16H16F2N4O3. The standard InChI is InChI=1S/C16H16F2N4O3/c17-16(18)4-9(5-19)22(8-16)14(24)7-21-15(25)10-1-2-20-6-12(10)11-3-13(11)23/h1-2,6,9,11,13,23H,3-4,7-8H2,(H,21,25). The molecule has 1 aromatic rings. The number of aliphatic hydroxyl groups is 1. The molecule has 2 amide bonds. The summed E-state index contributed by atoms with van der Waals surface area (Å²) in [7, 11) is 0. The normalized spacial score (nSPS) is 26.8. The molecule has 2 heterocycles. The molecule has 0 spiro atoms. The number of nitriles is 1. The maximum Gasteiger partial charge on any atom is 0.268 e. The third-order valence-electron chi connectivity index (χ3n) is 4.39. The van der Waals surface area contributed by atoms with Crippen LogP contribution in [0.5, 0.6) is 0 Å². The van der Waals surface area contributed by atoms with Crippen LogP contribution in [0.2, 0.25) is 0 Å². The first-order valence-electron chi connectivity index (χ1n) is 7.79. The highest BCUT2D eigenvalue weighted by Crippen LogP contribution is 2.41. The molecular weight excluding hydrogens is 334 g/mol. The van der Waals surface area contributed by atoms with Crippen molar-refractivity contribution in [1.29, 1.82) is 5.26 Å². The van der Waals surface area contributed by atoms with Gasteiger partial charge >= 0.3 is 0 Å². The Morgan fingerprint density at radius 3 is 2.88 bits per heavy atom. The predicted molar refractivity (Wildman–Crippen MR) is 80.6 cm³/mol. The number of nitrogens with one attached hydrogen (secondary N) is 1. The maximum absolute atomic E-state index is 13.4. The third kappa shape index (κ3) is 3.58. The van der Waals surface area contributed by atoms with Gasteiger partial charge in [0.2, 0.25) is 5.91 Å². The molecule has 0 aromatic carbocycles. The summed E-state index contributed by atoms with van der Waals surface area (Å²) in [5, 5.41) is 20.8. The van der Waals surface area contributed by atoms with Crippen LogP contribution in [0, 0.1) is 11.3 Å². The van der Waals surface area contributed by atoms with Gasteiger partial charge in [-0.15, -0.1) is 0 Å². The summed E-state index contributed by atoms with van der Waals surface area (Å²) < 4.78 is 26.8. The minimum Gasteiger partial charge on any atom is -0.392 e. The lowest BCUT2D eigenvalue weighted by atomic mass is 10.1. The molecule has 1 saturated carbocycles. The van der Waals surface area contributed by atoms with E-state index in [9.17, 15) is 23.5 Å². The first-order chi connectivity index (χ1) is 11.8. The van der Waals surface area contributed by atoms with Gasteiger partial charge in [-0.1, -0.05) is 0 Å². The molecule has 1 aliphatic carbocycles. The van der Waals surface area contributed by atoms with E-state index in [0.717, 1.165) is 4.90 Å². The van der Waals surface area contributed by atoms with Crippen LogP contribution in [0.3, 0.4) is 0 Å². The van der Waals surface area contributed by atoms with Gasteiger partial charge in [-0.2, -0.15) is 5.26 Å². The van der Waals surface area contributed by atoms with E-state index < -0.39 is 49.4 Å². The second-order valence-corrected chi connectivity index (χ2v) is 6.28. The summed E-state index contributed by atoms with van der Waals surface area (Å²) in [6.45, 7) is -1.31. The summed E-state index contributed by atoms with van der Waals surface area (Å²) in [5.41, 5.74) is 0.871. The summed E-state index contributed by atoms with van der Waals surface area (Å²) in [6, 6.07) is 1.96. The molecule has 1 saturated heterocycles. The fourth-order valence-corrected chi connectivity index (χ4v) is 2.97. The summed E-state index contributed by atoms with van der Waals surface area (Å²) in [5.74, 6) is -4.55. The number of carbonyl (C=O) groups excluding carboxylic acids is 2. The molecule has 1 aliphatic heterocycles. The van der Waals surface area contributed by atoms with Crippen LogP contribution in [0.15, 0.2) is 18.5 Å². The number of carbonyl (C=O) groups is 2. The monoisotopic (exact) mass is 350 g/mol. The Kier molecular flexibility index (Phi) is 4.39. The number of aromatic nitrogens is 1. The smallest absolute Gasteiger partial charge is 0.268 e. The SMILES string of the molecule is N#CC1CC(F)(F)CN1C(=O)CNC(=O)c1ccncc1C1CC1O. The lowest BCUT2D eigenvalue weighted by Crippen LogP contribution is -2.43. The number of alkyl halides is 2. The molecule has 3 unspecified atom stereocenters. The number of nitrogens with zero attached hydrogens (tertiary/aromatic N) is 3. The Morgan fingerprint density at radius 2 is 2.24 bits per heavy atom. The Bertz CT molecular complexity index is 749. The topological polar surface area (TPSA) is 106 Å². The highest BCUT2D eigenvalue weighted by molar-refractivity contribution is 5.98. The number of pyridine rings is 1. The van der Waals surface area contributed by atoms with Crippen molar-refractivity contribution in [2.75, 3.05) is 13.1 Å². The molecule has 9 heteroatoms. The van der Waals surface area contributed by atoms with Crippen molar-refractivity contribution >= 4 is 11.8 Å². The molecule has 2 N–H and O–H groups in total. The zero-order chi connectivity index (χ0) is 18.2. The Labute approximate surface area is 142 Å². The fraction of sp³-hybridized carbons (Fsp3) is 0.500. The Morgan fingerprint density at radius 1 is 1.52 bits per heavy atom. The van der Waals surface area contributed by atoms with Gasteiger partial charge in [0.25, 0.3) is 11.8 Å². The molecule has 2 fully saturated rings. The van der Waals surface area contributed by atoms with Crippen LogP contribution in [0.4, 0.5) is 8.78 Å². The van der Waals surface area contributed by atoms with Crippen LogP contribution < -0.4 is 5.32 Å². The lowest BCUT2D eigenvalue weighted by Gasteiger charge is -2.19. The number of hydrogen-bond acceptors (Lipinski definition) is 5. The number of rotatable bonds is 4. The van der Waals surface area contributed by atoms with Crippen molar-refractivity contribution in [1.82, 2.24) is 15.2 Å². The zero-order valence-electron chi connectivity index (χ0n) is 13.2. The minimum absolute atomic E-state index is 0.162. The summed E-state index contributed by atoms with van der Waals surface area (Å²) in [6.07, 6.45) is 2.24. The lowest BCUT2D eigenvalue weighted by molar-refractivity contribution is -0.131. The summed E-state index contributed by atoms with van der Waals surface area (Å²) in [4.78, 5) is 29.1. The summed E-state index contributed by atoms with van der Waals surface area (Å²) >= 11 is 0. The first kappa shape index (κ1) is 17.2. The highest BCUT2D eigenvalue weighted by Gasteiger charge is 2.47. The molecule has 132 valence electrons. The third-order valence-corrected chi connectivity index (χ3v) is 4.39. The van der Waals surface area contributed by atoms with Crippen molar-refractivity contribution < 1.29 is 23.5 Å². The predicted octanol–water partition coefficient (Wildman–Crippen LogP) is 0.419. The first-order valence-corrected chi connectivity index (χ1v) is 7.79. The van der Waals surface area contributed by atoms with Gasteiger partial charge in [-0.25, -0.2) is 8.78 Å². The van der Waals surface area contributed by atoms with Gasteiger partial charge in [0.1, 0.15) is 6.04 Å². The van der Waals surface area contributed by atoms with E-state index in [1.807, 2.05) is 0 Å². The van der Waals surface area contributed by atoms with E-state index in [4.69, 9.17) is 5.26 Å². The number of hydrogen-bond donors (Lipinski definition) is 2. The molecule has 3 atom stereocenters. The van der Waals surface area contributed by atoms with Crippen molar-refractivity contribution in [2.24, 2.45) is 0 Å². The van der Waals surface area contributed by atoms with Crippen LogP contribution in [-0.4, -0.2) is 58.0 Å². The second kappa shape index (κ2) is 6.37. The number of halogens is 2. The van der Waals surface area contributed by atoms with Crippen molar-refractivity contribution in [3.8, 4) is 6.07 Å². The number of likely N-dealkylation sites (tertiary alicyclic amines) is 1. The van der Waals surface area contributed by atoms with Gasteiger partial charge in [0.05, 0.1) is 25.3 Å². The van der Waals surface area contributed by atoms with Crippen LogP contribution in [0.25, 0.3) is 0 Å². The highest BCUT2D eigenvalue weighted by atomic mass is 19.3. The van der Waals surface area contributed by atoms with Crippen LogP contribution >= 0.6 is 0 Å². The fourth-order valence-electron chi connectivity index (χ4n) is 2.97. The van der Waals surface area contributed by atoms with Gasteiger partial charge in [-0.3, -0.25) is 14.6 Å². The Hall–Kier alpha value is -2.60. The molecule has 1 aromatic heterocycles. The average molecular weight is 350 g/mol. The van der Waals surface area contributed by atoms with Gasteiger partial charge in [0, 0.05) is 30.3 Å². The maximum atomic E-state index is 13.4. The van der Waals surface area contributed by atoms with E-state index in [1.165, 1.54) is 18.5 Å². The van der Waals surface area contributed by atoms with Gasteiger partial charge < -0.3 is 15.3 Å². The van der Waals surface area contributed by atoms with E-state index in [-0.39, 0.29) is 11.5 Å². The molecule has 0 radical (unpaired) electrons. The molecule has 3 rings (SSSR count). The largest absolute Gasteiger partial charge is 0.392 e. The zero-order valence-corrected chi connectivity index (χ0v) is 13.2. The number of amides is 2. The van der Waals surface area contributed by atoms with Crippen molar-refractivity contribution in [3.05, 3.63) is 29.6 Å². The molecule has 0 bridgehead atoms. The Balaban J connectivity index is 1.63. The van der Waals surface area contributed by atoms with Gasteiger partial charge in [-0.05, 0) is 18.1 Å². The van der Waals surface area contributed by atoms with Gasteiger partial charge in [0.15, 0.2) is 0 Å². The average Bonchev–Trinajstić information content (AvgIpc) is 3.22. The van der Waals surface area contributed by atoms with Crippen molar-refractivity contribution in [2.45, 2.75) is 36.8 Å². The van der Waals surface area contributed by atoms with Crippen LogP contribution in [-0.2, 0) is 4.79 Å². The second-order valence-electron chi connectivity index (χ2n) is 6.28. The van der Waals surface area contributed by atoms with Crippen LogP contribution in [0.1, 0.15) is 34.7 Å². The van der Waals surface area contributed by atoms with E-state index >= 15 is 0 Å². The molecule has 7 nitrogen and oxygen atoms in total. The van der Waals surface area contributed by atoms with Crippen molar-refractivity contribution in [3.63, 3.8) is 0 Å². The number of aliphatic hydroxyl groups excluding tert-OH is 1. The van der Waals surface area contributed by atoms with E-state index in [2.05, 4.69) is 10.3 Å². The van der Waals surface area contributed by atoms with E-state index in [1.54, 1.807) is 6.07 Å². The minimum atomic E-state index is -3.10. The molecule has 2 aliphatic rings. The molecule has 25 heavy (non-hydrogen) atoms. The quantitative estimate of drug-likeness (QED) is 0.819. The van der Waals surface area contributed by atoms with E-state index in [0.29, 0.717) is 12.0 Å².